The van der Waals surface area contributed by atoms with Crippen LogP contribution < -0.4 is 0 Å². The third kappa shape index (κ3) is 1.38. The van der Waals surface area contributed by atoms with Crippen molar-refractivity contribution in [3.63, 3.8) is 0 Å². The molecule has 0 radical (unpaired) electrons. The van der Waals surface area contributed by atoms with Crippen LogP contribution in [0.5, 0.6) is 0 Å². The summed E-state index contributed by atoms with van der Waals surface area (Å²) in [5.74, 6) is 0. The molecule has 0 bridgehead atoms. The maximum absolute atomic E-state index is 4.34. The fraction of sp³-hybridized carbons (Fsp3) is 0.111. The van der Waals surface area contributed by atoms with E-state index < -0.39 is 0 Å². The van der Waals surface area contributed by atoms with Crippen molar-refractivity contribution >= 4 is 56.6 Å². The van der Waals surface area contributed by atoms with E-state index in [1.165, 1.54) is 19.2 Å². The van der Waals surface area contributed by atoms with E-state index in [1.807, 2.05) is 0 Å². The molecule has 62 valence electrons. The Kier molecular flexibility index (Phi) is 2.35. The lowest BCUT2D eigenvalue weighted by Crippen LogP contribution is -1.76. The van der Waals surface area contributed by atoms with Gasteiger partial charge in [0.25, 0.3) is 0 Å². The van der Waals surface area contributed by atoms with E-state index >= 15 is 0 Å². The summed E-state index contributed by atoms with van der Waals surface area (Å²) in [5.41, 5.74) is 1.32. The molecular formula is C9H7IS2. The maximum atomic E-state index is 4.34. The number of benzene rings is 1. The minimum Gasteiger partial charge on any atom is -0.143 e. The van der Waals surface area contributed by atoms with Crippen LogP contribution in [0.4, 0.5) is 0 Å². The summed E-state index contributed by atoms with van der Waals surface area (Å²) in [6.45, 7) is 2.14. The monoisotopic (exact) mass is 306 g/mol. The lowest BCUT2D eigenvalue weighted by Gasteiger charge is -1.98. The zero-order chi connectivity index (χ0) is 8.72. The van der Waals surface area contributed by atoms with Gasteiger partial charge in [0, 0.05) is 23.9 Å². The molecule has 0 amide bonds. The summed E-state index contributed by atoms with van der Waals surface area (Å²) in [7, 11) is 0. The number of thiophene rings is 1. The first-order valence-corrected chi connectivity index (χ1v) is 5.95. The molecule has 0 aliphatic rings. The molecule has 0 saturated heterocycles. The summed E-state index contributed by atoms with van der Waals surface area (Å²) < 4.78 is 2.68. The first kappa shape index (κ1) is 8.84. The van der Waals surface area contributed by atoms with E-state index in [0.717, 1.165) is 4.90 Å². The van der Waals surface area contributed by atoms with E-state index in [2.05, 4.69) is 59.7 Å². The molecule has 0 atom stereocenters. The molecule has 0 aliphatic heterocycles. The van der Waals surface area contributed by atoms with Crippen LogP contribution in [0.1, 0.15) is 5.56 Å². The maximum Gasteiger partial charge on any atom is 0.0367 e. The molecule has 0 aliphatic carbocycles. The van der Waals surface area contributed by atoms with Gasteiger partial charge in [-0.25, -0.2) is 0 Å². The zero-order valence-corrected chi connectivity index (χ0v) is 10.3. The summed E-state index contributed by atoms with van der Waals surface area (Å²) in [5, 5.41) is 3.57. The van der Waals surface area contributed by atoms with E-state index in [9.17, 15) is 0 Å². The van der Waals surface area contributed by atoms with Gasteiger partial charge in [0.1, 0.15) is 0 Å². The van der Waals surface area contributed by atoms with Crippen LogP contribution in [0.3, 0.4) is 0 Å². The Morgan fingerprint density at radius 1 is 1.42 bits per heavy atom. The van der Waals surface area contributed by atoms with Crippen molar-refractivity contribution in [2.45, 2.75) is 11.8 Å². The van der Waals surface area contributed by atoms with Crippen LogP contribution in [0.15, 0.2) is 22.4 Å². The lowest BCUT2D eigenvalue weighted by atomic mass is 10.1. The zero-order valence-electron chi connectivity index (χ0n) is 6.47. The average molecular weight is 306 g/mol. The van der Waals surface area contributed by atoms with Crippen molar-refractivity contribution in [2.24, 2.45) is 0 Å². The number of halogens is 1. The van der Waals surface area contributed by atoms with Gasteiger partial charge in [0.15, 0.2) is 0 Å². The van der Waals surface area contributed by atoms with Gasteiger partial charge in [0.05, 0.1) is 0 Å². The average Bonchev–Trinajstić information content (AvgIpc) is 2.31. The highest BCUT2D eigenvalue weighted by atomic mass is 127. The van der Waals surface area contributed by atoms with E-state index in [1.54, 1.807) is 11.3 Å². The Hall–Kier alpha value is 0.260. The highest BCUT2D eigenvalue weighted by Crippen LogP contribution is 2.31. The molecule has 2 aromatic rings. The Morgan fingerprint density at radius 3 is 2.92 bits per heavy atom. The number of fused-ring (bicyclic) bond motifs is 1. The van der Waals surface area contributed by atoms with Crippen LogP contribution in [0.2, 0.25) is 0 Å². The molecule has 0 fully saturated rings. The summed E-state index contributed by atoms with van der Waals surface area (Å²) in [6, 6.07) is 4.23. The Bertz CT molecular complexity index is 431. The predicted octanol–water partition coefficient (Wildman–Crippen LogP) is 4.10. The molecule has 0 nitrogen and oxygen atoms in total. The molecule has 0 saturated carbocycles. The molecule has 2 rings (SSSR count). The van der Waals surface area contributed by atoms with Crippen molar-refractivity contribution in [3.8, 4) is 0 Å². The predicted molar refractivity (Wildman–Crippen MR) is 66.5 cm³/mol. The van der Waals surface area contributed by atoms with E-state index in [4.69, 9.17) is 0 Å². The largest absolute Gasteiger partial charge is 0.143 e. The van der Waals surface area contributed by atoms with Crippen molar-refractivity contribution in [1.82, 2.24) is 0 Å². The number of thiol groups is 1. The highest BCUT2D eigenvalue weighted by molar-refractivity contribution is 14.1. The van der Waals surface area contributed by atoms with Crippen LogP contribution in [-0.2, 0) is 0 Å². The van der Waals surface area contributed by atoms with Gasteiger partial charge < -0.3 is 0 Å². The lowest BCUT2D eigenvalue weighted by molar-refractivity contribution is 1.43. The van der Waals surface area contributed by atoms with Gasteiger partial charge >= 0.3 is 0 Å². The summed E-state index contributed by atoms with van der Waals surface area (Å²) >= 11 is 8.51. The number of hydrogen-bond acceptors (Lipinski definition) is 2. The van der Waals surface area contributed by atoms with Gasteiger partial charge in [-0.2, -0.15) is 0 Å². The van der Waals surface area contributed by atoms with Crippen LogP contribution >= 0.6 is 46.6 Å². The fourth-order valence-electron chi connectivity index (χ4n) is 1.31. The highest BCUT2D eigenvalue weighted by Gasteiger charge is 2.04. The van der Waals surface area contributed by atoms with Crippen molar-refractivity contribution in [3.05, 3.63) is 26.6 Å². The SMILES string of the molecule is Cc1cc(S)cc2scc(I)c12. The molecule has 0 spiro atoms. The topological polar surface area (TPSA) is 0 Å². The second kappa shape index (κ2) is 3.20. The van der Waals surface area contributed by atoms with Crippen LogP contribution in [0.25, 0.3) is 10.1 Å². The first-order valence-electron chi connectivity index (χ1n) is 3.55. The Morgan fingerprint density at radius 2 is 2.17 bits per heavy atom. The summed E-state index contributed by atoms with van der Waals surface area (Å²) in [6.07, 6.45) is 0. The molecule has 0 N–H and O–H groups in total. The molecular weight excluding hydrogens is 299 g/mol. The third-order valence-corrected chi connectivity index (χ3v) is 4.27. The third-order valence-electron chi connectivity index (χ3n) is 1.81. The normalized spacial score (nSPS) is 10.9. The van der Waals surface area contributed by atoms with Crippen molar-refractivity contribution < 1.29 is 0 Å². The van der Waals surface area contributed by atoms with Gasteiger partial charge in [-0.15, -0.1) is 24.0 Å². The molecule has 0 unspecified atom stereocenters. The fourth-order valence-corrected chi connectivity index (χ4v) is 3.93. The van der Waals surface area contributed by atoms with Gasteiger partial charge in [-0.05, 0) is 47.2 Å². The van der Waals surface area contributed by atoms with Crippen LogP contribution in [0, 0.1) is 10.5 Å². The summed E-state index contributed by atoms with van der Waals surface area (Å²) in [4.78, 5) is 1.05. The van der Waals surface area contributed by atoms with E-state index in [0.29, 0.717) is 0 Å². The van der Waals surface area contributed by atoms with E-state index in [-0.39, 0.29) is 0 Å². The van der Waals surface area contributed by atoms with Gasteiger partial charge in [0.2, 0.25) is 0 Å². The Labute approximate surface area is 94.5 Å². The first-order chi connectivity index (χ1) is 5.68. The minimum absolute atomic E-state index is 1.05. The molecule has 1 heterocycles. The number of rotatable bonds is 0. The van der Waals surface area contributed by atoms with Gasteiger partial charge in [-0.3, -0.25) is 0 Å². The number of hydrogen-bond donors (Lipinski definition) is 1. The minimum atomic E-state index is 1.05. The van der Waals surface area contributed by atoms with Crippen molar-refractivity contribution in [1.29, 1.82) is 0 Å². The standard InChI is InChI=1S/C9H7IS2/c1-5-2-6(11)3-8-9(5)7(10)4-12-8/h2-4,11H,1H3. The molecule has 12 heavy (non-hydrogen) atoms. The second-order valence-electron chi connectivity index (χ2n) is 2.72. The van der Waals surface area contributed by atoms with Crippen LogP contribution in [-0.4, -0.2) is 0 Å². The van der Waals surface area contributed by atoms with Gasteiger partial charge in [-0.1, -0.05) is 0 Å². The molecule has 1 aromatic heterocycles. The second-order valence-corrected chi connectivity index (χ2v) is 5.31. The Balaban J connectivity index is 2.93. The number of aryl methyl sites for hydroxylation is 1. The molecule has 3 heteroatoms. The molecule has 1 aromatic carbocycles. The quantitative estimate of drug-likeness (QED) is 0.550. The van der Waals surface area contributed by atoms with Crippen molar-refractivity contribution in [2.75, 3.05) is 0 Å². The smallest absolute Gasteiger partial charge is 0.0367 e.